The summed E-state index contributed by atoms with van der Waals surface area (Å²) in [7, 11) is -3.84. The lowest BCUT2D eigenvalue weighted by Crippen LogP contribution is -2.35. The Balaban J connectivity index is 2.21. The zero-order valence-corrected chi connectivity index (χ0v) is 13.1. The molecule has 0 spiro atoms. The molecule has 0 bridgehead atoms. The van der Waals surface area contributed by atoms with Crippen LogP contribution in [0.2, 0.25) is 0 Å². The predicted molar refractivity (Wildman–Crippen MR) is 79.8 cm³/mol. The Bertz CT molecular complexity index is 656. The van der Waals surface area contributed by atoms with Crippen molar-refractivity contribution in [2.75, 3.05) is 0 Å². The summed E-state index contributed by atoms with van der Waals surface area (Å²) >= 11 is 3.19. The van der Waals surface area contributed by atoms with Crippen molar-refractivity contribution < 1.29 is 13.2 Å². The number of nitrogens with one attached hydrogen (secondary N) is 1. The molecular formula is C13H15BrN2O3S. The van der Waals surface area contributed by atoms with E-state index in [9.17, 15) is 13.2 Å². The Kier molecular flexibility index (Phi) is 4.62. The van der Waals surface area contributed by atoms with Crippen LogP contribution in [0, 0.1) is 0 Å². The molecule has 1 unspecified atom stereocenters. The standard InChI is InChI=1S/C13H15BrN2O3S/c14-10-6-9(7-12(8-10)20(15,18)19)13(17)16-11-4-2-1-3-5-11/h1-2,6-8,11H,3-5H2,(H,16,17)(H2,15,18,19). The lowest BCUT2D eigenvalue weighted by Gasteiger charge is -2.19. The number of amides is 1. The summed E-state index contributed by atoms with van der Waals surface area (Å²) in [6.45, 7) is 0. The van der Waals surface area contributed by atoms with E-state index in [1.165, 1.54) is 12.1 Å². The van der Waals surface area contributed by atoms with Crippen LogP contribution in [0.1, 0.15) is 29.6 Å². The smallest absolute Gasteiger partial charge is 0.251 e. The van der Waals surface area contributed by atoms with Crippen molar-refractivity contribution in [2.45, 2.75) is 30.2 Å². The van der Waals surface area contributed by atoms with Crippen molar-refractivity contribution in [3.8, 4) is 0 Å². The first-order chi connectivity index (χ1) is 9.36. The van der Waals surface area contributed by atoms with Crippen LogP contribution in [-0.4, -0.2) is 20.4 Å². The molecule has 1 aromatic rings. The van der Waals surface area contributed by atoms with Gasteiger partial charge in [-0.15, -0.1) is 0 Å². The molecule has 3 N–H and O–H groups in total. The van der Waals surface area contributed by atoms with Gasteiger partial charge >= 0.3 is 0 Å². The van der Waals surface area contributed by atoms with Crippen molar-refractivity contribution in [3.63, 3.8) is 0 Å². The van der Waals surface area contributed by atoms with Gasteiger partial charge in [-0.3, -0.25) is 4.79 Å². The van der Waals surface area contributed by atoms with E-state index in [0.29, 0.717) is 4.47 Å². The van der Waals surface area contributed by atoms with Crippen molar-refractivity contribution in [3.05, 3.63) is 40.4 Å². The van der Waals surface area contributed by atoms with Gasteiger partial charge in [-0.25, -0.2) is 13.6 Å². The first kappa shape index (κ1) is 15.2. The Hall–Kier alpha value is -1.18. The van der Waals surface area contributed by atoms with Gasteiger partial charge in [0.25, 0.3) is 5.91 Å². The first-order valence-corrected chi connectivity index (χ1v) is 8.49. The number of allylic oxidation sites excluding steroid dienone is 1. The fraction of sp³-hybridized carbons (Fsp3) is 0.308. The predicted octanol–water partition coefficient (Wildman–Crippen LogP) is 1.94. The molecule has 0 heterocycles. The van der Waals surface area contributed by atoms with E-state index >= 15 is 0 Å². The summed E-state index contributed by atoms with van der Waals surface area (Å²) in [5.74, 6) is -0.295. The highest BCUT2D eigenvalue weighted by Crippen LogP contribution is 2.19. The highest BCUT2D eigenvalue weighted by Gasteiger charge is 2.17. The number of sulfonamides is 1. The summed E-state index contributed by atoms with van der Waals surface area (Å²) in [5.41, 5.74) is 0.276. The average molecular weight is 359 g/mol. The van der Waals surface area contributed by atoms with Crippen molar-refractivity contribution in [2.24, 2.45) is 5.14 Å². The van der Waals surface area contributed by atoms with E-state index in [4.69, 9.17) is 5.14 Å². The summed E-state index contributed by atoms with van der Waals surface area (Å²) in [6.07, 6.45) is 6.73. The van der Waals surface area contributed by atoms with E-state index in [1.54, 1.807) is 6.07 Å². The minimum Gasteiger partial charge on any atom is -0.349 e. The fourth-order valence-corrected chi connectivity index (χ4v) is 3.28. The Morgan fingerprint density at radius 3 is 2.65 bits per heavy atom. The van der Waals surface area contributed by atoms with Crippen molar-refractivity contribution in [1.29, 1.82) is 0 Å². The maximum absolute atomic E-state index is 12.2. The minimum absolute atomic E-state index is 0.0828. The molecule has 1 aliphatic carbocycles. The summed E-state index contributed by atoms with van der Waals surface area (Å²) < 4.78 is 23.2. The monoisotopic (exact) mass is 358 g/mol. The van der Waals surface area contributed by atoms with E-state index < -0.39 is 10.0 Å². The SMILES string of the molecule is NS(=O)(=O)c1cc(Br)cc(C(=O)NC2CC=CCC2)c1. The highest BCUT2D eigenvalue weighted by molar-refractivity contribution is 9.10. The molecule has 7 heteroatoms. The van der Waals surface area contributed by atoms with E-state index in [2.05, 4.69) is 27.3 Å². The number of rotatable bonds is 3. The van der Waals surface area contributed by atoms with Crippen LogP contribution >= 0.6 is 15.9 Å². The molecule has 0 aliphatic heterocycles. The summed E-state index contributed by atoms with van der Waals surface area (Å²) in [4.78, 5) is 12.1. The lowest BCUT2D eigenvalue weighted by atomic mass is 10.0. The Labute approximate surface area is 126 Å². The van der Waals surface area contributed by atoms with Crippen LogP contribution in [0.15, 0.2) is 39.7 Å². The zero-order valence-electron chi connectivity index (χ0n) is 10.7. The molecule has 1 aliphatic rings. The molecule has 0 saturated carbocycles. The number of carbonyl (C=O) groups is 1. The lowest BCUT2D eigenvalue weighted by molar-refractivity contribution is 0.0934. The topological polar surface area (TPSA) is 89.3 Å². The minimum atomic E-state index is -3.84. The second kappa shape index (κ2) is 6.07. The maximum atomic E-state index is 12.2. The first-order valence-electron chi connectivity index (χ1n) is 6.15. The van der Waals surface area contributed by atoms with Gasteiger partial charge in [-0.05, 0) is 37.5 Å². The van der Waals surface area contributed by atoms with Gasteiger partial charge < -0.3 is 5.32 Å². The number of hydrogen-bond acceptors (Lipinski definition) is 3. The van der Waals surface area contributed by atoms with Crippen molar-refractivity contribution in [1.82, 2.24) is 5.32 Å². The van der Waals surface area contributed by atoms with Gasteiger partial charge in [0.1, 0.15) is 0 Å². The molecule has 20 heavy (non-hydrogen) atoms. The molecule has 1 aromatic carbocycles. The fourth-order valence-electron chi connectivity index (χ4n) is 2.05. The molecule has 5 nitrogen and oxygen atoms in total. The third-order valence-corrected chi connectivity index (χ3v) is 4.42. The number of nitrogens with two attached hydrogens (primary N) is 1. The van der Waals surface area contributed by atoms with Crippen molar-refractivity contribution >= 4 is 31.9 Å². The van der Waals surface area contributed by atoms with Crippen LogP contribution in [0.25, 0.3) is 0 Å². The third kappa shape index (κ3) is 3.91. The number of primary sulfonamides is 1. The summed E-state index contributed by atoms with van der Waals surface area (Å²) in [5, 5.41) is 7.98. The maximum Gasteiger partial charge on any atom is 0.251 e. The number of carbonyl (C=O) groups excluding carboxylic acids is 1. The Morgan fingerprint density at radius 1 is 1.30 bits per heavy atom. The second-order valence-corrected chi connectivity index (χ2v) is 7.15. The highest BCUT2D eigenvalue weighted by atomic mass is 79.9. The molecule has 1 atom stereocenters. The van der Waals surface area contributed by atoms with E-state index in [-0.39, 0.29) is 22.4 Å². The average Bonchev–Trinajstić information content (AvgIpc) is 2.38. The molecule has 1 amide bonds. The third-order valence-electron chi connectivity index (χ3n) is 3.07. The van der Waals surface area contributed by atoms with Gasteiger partial charge in [0, 0.05) is 16.1 Å². The molecule has 0 fully saturated rings. The van der Waals surface area contributed by atoms with E-state index in [0.717, 1.165) is 19.3 Å². The molecule has 0 radical (unpaired) electrons. The van der Waals surface area contributed by atoms with E-state index in [1.807, 2.05) is 6.08 Å². The number of benzene rings is 1. The van der Waals surface area contributed by atoms with Gasteiger partial charge in [0.15, 0.2) is 0 Å². The van der Waals surface area contributed by atoms with Gasteiger partial charge in [0.05, 0.1) is 4.90 Å². The van der Waals surface area contributed by atoms with Crippen LogP contribution in [-0.2, 0) is 10.0 Å². The number of halogens is 1. The molecule has 0 aromatic heterocycles. The zero-order chi connectivity index (χ0) is 14.8. The van der Waals surface area contributed by atoms with Gasteiger partial charge in [-0.2, -0.15) is 0 Å². The van der Waals surface area contributed by atoms with Crippen LogP contribution in [0.4, 0.5) is 0 Å². The molecule has 108 valence electrons. The number of hydrogen-bond donors (Lipinski definition) is 2. The van der Waals surface area contributed by atoms with Crippen LogP contribution in [0.5, 0.6) is 0 Å². The second-order valence-electron chi connectivity index (χ2n) is 4.68. The molecule has 2 rings (SSSR count). The summed E-state index contributed by atoms with van der Waals surface area (Å²) in [6, 6.07) is 4.32. The normalized spacial score (nSPS) is 18.8. The Morgan fingerprint density at radius 2 is 2.05 bits per heavy atom. The molecule has 0 saturated heterocycles. The largest absolute Gasteiger partial charge is 0.349 e. The quantitative estimate of drug-likeness (QED) is 0.809. The van der Waals surface area contributed by atoms with Gasteiger partial charge in [0.2, 0.25) is 10.0 Å². The molecular weight excluding hydrogens is 344 g/mol. The van der Waals surface area contributed by atoms with Crippen LogP contribution < -0.4 is 10.5 Å². The van der Waals surface area contributed by atoms with Crippen LogP contribution in [0.3, 0.4) is 0 Å². The van der Waals surface area contributed by atoms with Gasteiger partial charge in [-0.1, -0.05) is 28.1 Å².